The van der Waals surface area contributed by atoms with Gasteiger partial charge in [0.2, 0.25) is 0 Å². The summed E-state index contributed by atoms with van der Waals surface area (Å²) in [4.78, 5) is 0. The Bertz CT molecular complexity index is 388. The topological polar surface area (TPSA) is 18.5 Å². The molecule has 0 heterocycles. The van der Waals surface area contributed by atoms with Gasteiger partial charge in [0.15, 0.2) is 16.6 Å². The number of allylic oxidation sites excluding steroid dienone is 2. The molecule has 0 aromatic carbocycles. The van der Waals surface area contributed by atoms with Crippen molar-refractivity contribution in [2.24, 2.45) is 5.92 Å². The molecule has 0 radical (unpaired) electrons. The highest BCUT2D eigenvalue weighted by molar-refractivity contribution is 6.70. The van der Waals surface area contributed by atoms with Gasteiger partial charge in [-0.2, -0.15) is 0 Å². The van der Waals surface area contributed by atoms with Gasteiger partial charge in [-0.1, -0.05) is 64.0 Å². The van der Waals surface area contributed by atoms with Crippen molar-refractivity contribution in [2.75, 3.05) is 0 Å². The van der Waals surface area contributed by atoms with Crippen molar-refractivity contribution in [3.8, 4) is 0 Å². The molecule has 154 valence electrons. The van der Waals surface area contributed by atoms with E-state index in [1.165, 1.54) is 51.4 Å². The molecule has 1 aliphatic carbocycles. The van der Waals surface area contributed by atoms with Gasteiger partial charge in [-0.3, -0.25) is 0 Å². The van der Waals surface area contributed by atoms with Crippen molar-refractivity contribution in [1.29, 1.82) is 0 Å². The third-order valence-corrected chi connectivity index (χ3v) is 6.95. The quantitative estimate of drug-likeness (QED) is 0.171. The minimum absolute atomic E-state index is 0.281. The average Bonchev–Trinajstić information content (AvgIpc) is 3.03. The summed E-state index contributed by atoms with van der Waals surface area (Å²) in [7, 11) is -3.17. The first-order chi connectivity index (χ1) is 12.1. The standard InChI is InChI=1S/C22H46O2Si2/c1-8-9-10-11-12-13-14-19-21(23-25(2,3)4)22(24-26(5,6)7)20-17-15-16-18-20/h15-16,20-22H,8-14,17-19H2,1-7H3. The molecule has 0 aromatic heterocycles. The molecule has 2 nitrogen and oxygen atoms in total. The minimum Gasteiger partial charge on any atom is -0.412 e. The molecule has 0 fully saturated rings. The monoisotopic (exact) mass is 398 g/mol. The van der Waals surface area contributed by atoms with E-state index in [0.717, 1.165) is 12.8 Å². The summed E-state index contributed by atoms with van der Waals surface area (Å²) < 4.78 is 13.4. The third kappa shape index (κ3) is 11.1. The van der Waals surface area contributed by atoms with Gasteiger partial charge in [0.05, 0.1) is 12.2 Å². The molecule has 0 saturated carbocycles. The highest BCUT2D eigenvalue weighted by atomic mass is 28.4. The molecular weight excluding hydrogens is 352 g/mol. The van der Waals surface area contributed by atoms with Crippen molar-refractivity contribution >= 4 is 16.6 Å². The van der Waals surface area contributed by atoms with Crippen LogP contribution in [0.15, 0.2) is 12.2 Å². The molecule has 0 aromatic rings. The second kappa shape index (κ2) is 11.8. The van der Waals surface area contributed by atoms with Gasteiger partial charge >= 0.3 is 0 Å². The summed E-state index contributed by atoms with van der Waals surface area (Å²) in [5.41, 5.74) is 0. The molecule has 0 N–H and O–H groups in total. The van der Waals surface area contributed by atoms with Gasteiger partial charge < -0.3 is 8.85 Å². The lowest BCUT2D eigenvalue weighted by molar-refractivity contribution is 0.00316. The summed E-state index contributed by atoms with van der Waals surface area (Å²) in [6.45, 7) is 16.2. The fourth-order valence-electron chi connectivity index (χ4n) is 3.84. The first-order valence-electron chi connectivity index (χ1n) is 11.1. The normalized spacial score (nSPS) is 18.4. The highest BCUT2D eigenvalue weighted by Gasteiger charge is 2.36. The van der Waals surface area contributed by atoms with Gasteiger partial charge in [0.1, 0.15) is 0 Å². The minimum atomic E-state index is -1.59. The summed E-state index contributed by atoms with van der Waals surface area (Å²) in [5, 5.41) is 0. The van der Waals surface area contributed by atoms with E-state index >= 15 is 0 Å². The number of hydrogen-bond donors (Lipinski definition) is 0. The van der Waals surface area contributed by atoms with E-state index in [-0.39, 0.29) is 12.2 Å². The molecule has 1 rings (SSSR count). The van der Waals surface area contributed by atoms with Gasteiger partial charge in [-0.05, 0) is 64.5 Å². The molecule has 0 amide bonds. The Morgan fingerprint density at radius 1 is 0.769 bits per heavy atom. The van der Waals surface area contributed by atoms with Crippen LogP contribution >= 0.6 is 0 Å². The largest absolute Gasteiger partial charge is 0.412 e. The van der Waals surface area contributed by atoms with E-state index in [1.807, 2.05) is 0 Å². The second-order valence-electron chi connectivity index (χ2n) is 10.1. The van der Waals surface area contributed by atoms with Crippen molar-refractivity contribution in [3.05, 3.63) is 12.2 Å². The summed E-state index contributed by atoms with van der Waals surface area (Å²) in [6.07, 6.45) is 18.3. The lowest BCUT2D eigenvalue weighted by atomic mass is 9.92. The van der Waals surface area contributed by atoms with Gasteiger partial charge in [-0.15, -0.1) is 0 Å². The van der Waals surface area contributed by atoms with Crippen LogP contribution in [0.4, 0.5) is 0 Å². The van der Waals surface area contributed by atoms with E-state index in [0.29, 0.717) is 5.92 Å². The first kappa shape index (κ1) is 24.1. The van der Waals surface area contributed by atoms with Crippen LogP contribution in [0.25, 0.3) is 0 Å². The Labute approximate surface area is 166 Å². The molecule has 2 atom stereocenters. The lowest BCUT2D eigenvalue weighted by Crippen LogP contribution is -2.47. The number of hydrogen-bond acceptors (Lipinski definition) is 2. The molecule has 0 bridgehead atoms. The zero-order chi connectivity index (χ0) is 19.6. The van der Waals surface area contributed by atoms with Gasteiger partial charge in [0, 0.05) is 0 Å². The predicted molar refractivity (Wildman–Crippen MR) is 121 cm³/mol. The second-order valence-corrected chi connectivity index (χ2v) is 19.0. The van der Waals surface area contributed by atoms with Crippen molar-refractivity contribution < 1.29 is 8.85 Å². The Kier molecular flexibility index (Phi) is 11.0. The van der Waals surface area contributed by atoms with Crippen LogP contribution in [0.2, 0.25) is 39.3 Å². The zero-order valence-corrected chi connectivity index (χ0v) is 20.8. The highest BCUT2D eigenvalue weighted by Crippen LogP contribution is 2.32. The maximum atomic E-state index is 6.74. The van der Waals surface area contributed by atoms with Crippen LogP contribution in [-0.2, 0) is 8.85 Å². The van der Waals surface area contributed by atoms with Crippen molar-refractivity contribution in [1.82, 2.24) is 0 Å². The van der Waals surface area contributed by atoms with E-state index < -0.39 is 16.6 Å². The third-order valence-electron chi connectivity index (χ3n) is 4.96. The summed E-state index contributed by atoms with van der Waals surface area (Å²) in [6, 6.07) is 0. The van der Waals surface area contributed by atoms with Gasteiger partial charge in [0.25, 0.3) is 0 Å². The van der Waals surface area contributed by atoms with Crippen molar-refractivity contribution in [3.63, 3.8) is 0 Å². The van der Waals surface area contributed by atoms with E-state index in [9.17, 15) is 0 Å². The fourth-order valence-corrected chi connectivity index (χ4v) is 6.16. The molecule has 0 aliphatic heterocycles. The molecule has 0 spiro atoms. The van der Waals surface area contributed by atoms with Gasteiger partial charge in [-0.25, -0.2) is 0 Å². The molecule has 26 heavy (non-hydrogen) atoms. The van der Waals surface area contributed by atoms with Crippen LogP contribution in [-0.4, -0.2) is 28.8 Å². The van der Waals surface area contributed by atoms with E-state index in [4.69, 9.17) is 8.85 Å². The Morgan fingerprint density at radius 3 is 1.77 bits per heavy atom. The number of unbranched alkanes of at least 4 members (excludes halogenated alkanes) is 6. The molecule has 1 aliphatic rings. The Morgan fingerprint density at radius 2 is 1.27 bits per heavy atom. The first-order valence-corrected chi connectivity index (χ1v) is 17.9. The maximum Gasteiger partial charge on any atom is 0.184 e. The van der Waals surface area contributed by atoms with Crippen LogP contribution in [0, 0.1) is 5.92 Å². The number of rotatable bonds is 14. The summed E-state index contributed by atoms with van der Waals surface area (Å²) >= 11 is 0. The molecule has 0 saturated heterocycles. The molecule has 2 unspecified atom stereocenters. The maximum absolute atomic E-state index is 6.74. The molecular formula is C22H46O2Si2. The Balaban J connectivity index is 2.64. The average molecular weight is 399 g/mol. The zero-order valence-electron chi connectivity index (χ0n) is 18.8. The van der Waals surface area contributed by atoms with Crippen LogP contribution in [0.3, 0.4) is 0 Å². The lowest BCUT2D eigenvalue weighted by Gasteiger charge is -2.39. The van der Waals surface area contributed by atoms with E-state index in [1.54, 1.807) is 0 Å². The smallest absolute Gasteiger partial charge is 0.184 e. The fraction of sp³-hybridized carbons (Fsp3) is 0.909. The molecule has 4 heteroatoms. The SMILES string of the molecule is CCCCCCCCCC(O[Si](C)(C)C)C(O[Si](C)(C)C)C1CC=CC1. The van der Waals surface area contributed by atoms with E-state index in [2.05, 4.69) is 58.4 Å². The summed E-state index contributed by atoms with van der Waals surface area (Å²) in [5.74, 6) is 0.618. The van der Waals surface area contributed by atoms with Crippen LogP contribution in [0.5, 0.6) is 0 Å². The van der Waals surface area contributed by atoms with Crippen LogP contribution in [0.1, 0.15) is 71.1 Å². The Hall–Kier alpha value is 0.0938. The van der Waals surface area contributed by atoms with Crippen molar-refractivity contribution in [2.45, 2.75) is 123 Å². The van der Waals surface area contributed by atoms with Crippen LogP contribution < -0.4 is 0 Å². The predicted octanol–water partition coefficient (Wildman–Crippen LogP) is 7.53.